The van der Waals surface area contributed by atoms with Crippen LogP contribution in [0.4, 0.5) is 0 Å². The van der Waals surface area contributed by atoms with E-state index in [1.54, 1.807) is 11.3 Å². The summed E-state index contributed by atoms with van der Waals surface area (Å²) in [6.07, 6.45) is 5.84. The molecule has 3 aromatic rings. The van der Waals surface area contributed by atoms with Gasteiger partial charge in [-0.3, -0.25) is 9.47 Å². The molecule has 1 aliphatic heterocycles. The number of benzene rings is 1. The van der Waals surface area contributed by atoms with Crippen molar-refractivity contribution in [3.63, 3.8) is 0 Å². The fourth-order valence-electron chi connectivity index (χ4n) is 3.69. The first-order valence-electron chi connectivity index (χ1n) is 9.49. The zero-order valence-electron chi connectivity index (χ0n) is 15.1. The van der Waals surface area contributed by atoms with Crippen LogP contribution >= 0.6 is 23.6 Å². The maximum Gasteiger partial charge on any atom is 0.199 e. The number of hydrogen-bond acceptors (Lipinski definition) is 4. The van der Waals surface area contributed by atoms with Gasteiger partial charge in [0.25, 0.3) is 0 Å². The second kappa shape index (κ2) is 7.19. The Morgan fingerprint density at radius 1 is 1.11 bits per heavy atom. The fourth-order valence-corrected chi connectivity index (χ4v) is 4.73. The zero-order valence-corrected chi connectivity index (χ0v) is 16.8. The average molecular weight is 395 g/mol. The van der Waals surface area contributed by atoms with Crippen LogP contribution in [0.25, 0.3) is 16.3 Å². The van der Waals surface area contributed by atoms with Gasteiger partial charge >= 0.3 is 0 Å². The van der Waals surface area contributed by atoms with Crippen LogP contribution in [0.1, 0.15) is 30.9 Å². The molecular weight excluding hydrogens is 372 g/mol. The summed E-state index contributed by atoms with van der Waals surface area (Å²) in [5, 5.41) is 7.01. The molecule has 0 N–H and O–H groups in total. The molecule has 0 atom stereocenters. The first-order valence-corrected chi connectivity index (χ1v) is 10.8. The maximum absolute atomic E-state index is 5.80. The quantitative estimate of drug-likeness (QED) is 0.555. The predicted molar refractivity (Wildman–Crippen MR) is 113 cm³/mol. The highest BCUT2D eigenvalue weighted by Gasteiger charge is 2.29. The van der Waals surface area contributed by atoms with E-state index in [9.17, 15) is 0 Å². The molecule has 5 rings (SSSR count). The lowest BCUT2D eigenvalue weighted by molar-refractivity contribution is 0.226. The van der Waals surface area contributed by atoms with Crippen LogP contribution < -0.4 is 0 Å². The molecule has 0 radical (unpaired) electrons. The van der Waals surface area contributed by atoms with Gasteiger partial charge in [0.2, 0.25) is 0 Å². The Labute approximate surface area is 168 Å². The molecule has 2 aliphatic rings. The van der Waals surface area contributed by atoms with E-state index < -0.39 is 0 Å². The third-order valence-corrected chi connectivity index (χ3v) is 6.57. The van der Waals surface area contributed by atoms with E-state index in [-0.39, 0.29) is 0 Å². The van der Waals surface area contributed by atoms with Crippen molar-refractivity contribution in [2.75, 3.05) is 13.1 Å². The van der Waals surface area contributed by atoms with Crippen LogP contribution in [0.3, 0.4) is 0 Å². The molecule has 0 unspecified atom stereocenters. The Balaban J connectivity index is 1.37. The van der Waals surface area contributed by atoms with Crippen molar-refractivity contribution in [1.29, 1.82) is 0 Å². The number of thiophene rings is 1. The van der Waals surface area contributed by atoms with Gasteiger partial charge in [0.1, 0.15) is 0 Å². The molecule has 6 heteroatoms. The number of aromatic nitrogens is 3. The van der Waals surface area contributed by atoms with E-state index in [2.05, 4.69) is 63.4 Å². The highest BCUT2D eigenvalue weighted by atomic mass is 32.1. The molecule has 1 aliphatic carbocycles. The van der Waals surface area contributed by atoms with Gasteiger partial charge in [-0.1, -0.05) is 42.5 Å². The molecule has 1 aromatic carbocycles. The summed E-state index contributed by atoms with van der Waals surface area (Å²) in [6, 6.07) is 15.4. The monoisotopic (exact) mass is 394 g/mol. The van der Waals surface area contributed by atoms with Crippen molar-refractivity contribution in [2.24, 2.45) is 0 Å². The minimum Gasteiger partial charge on any atom is -0.296 e. The summed E-state index contributed by atoms with van der Waals surface area (Å²) in [7, 11) is 0. The van der Waals surface area contributed by atoms with E-state index in [1.807, 2.05) is 4.68 Å². The second-order valence-electron chi connectivity index (χ2n) is 7.25. The van der Waals surface area contributed by atoms with Crippen LogP contribution in [-0.4, -0.2) is 32.3 Å². The molecule has 0 spiro atoms. The smallest absolute Gasteiger partial charge is 0.199 e. The van der Waals surface area contributed by atoms with Gasteiger partial charge in [0, 0.05) is 19.1 Å². The SMILES string of the molecule is S=c1n(CN2CC=C(c3ccccc3)CC2)nc(-c2cccs2)n1C1CC1. The molecule has 2 aromatic heterocycles. The Bertz CT molecular complexity index is 1010. The van der Waals surface area contributed by atoms with Gasteiger partial charge in [0.15, 0.2) is 10.6 Å². The van der Waals surface area contributed by atoms with E-state index >= 15 is 0 Å². The van der Waals surface area contributed by atoms with Crippen molar-refractivity contribution in [1.82, 2.24) is 19.2 Å². The van der Waals surface area contributed by atoms with Crippen LogP contribution in [0.15, 0.2) is 53.9 Å². The predicted octanol–water partition coefficient (Wildman–Crippen LogP) is 5.22. The van der Waals surface area contributed by atoms with E-state index in [4.69, 9.17) is 17.3 Å². The molecule has 3 heterocycles. The van der Waals surface area contributed by atoms with Crippen LogP contribution in [-0.2, 0) is 6.67 Å². The number of hydrogen-bond donors (Lipinski definition) is 0. The highest BCUT2D eigenvalue weighted by Crippen LogP contribution is 2.39. The highest BCUT2D eigenvalue weighted by molar-refractivity contribution is 7.71. The molecule has 0 bridgehead atoms. The largest absolute Gasteiger partial charge is 0.296 e. The number of nitrogens with zero attached hydrogens (tertiary/aromatic N) is 4. The molecule has 138 valence electrons. The van der Waals surface area contributed by atoms with Gasteiger partial charge in [-0.25, -0.2) is 4.68 Å². The summed E-state index contributed by atoms with van der Waals surface area (Å²) < 4.78 is 5.15. The molecule has 1 saturated carbocycles. The third kappa shape index (κ3) is 3.45. The first-order chi connectivity index (χ1) is 13.3. The minimum absolute atomic E-state index is 0.536. The van der Waals surface area contributed by atoms with Crippen LogP contribution in [0, 0.1) is 4.77 Å². The lowest BCUT2D eigenvalue weighted by Gasteiger charge is -2.26. The van der Waals surface area contributed by atoms with Gasteiger partial charge in [-0.15, -0.1) is 16.4 Å². The molecule has 4 nitrogen and oxygen atoms in total. The zero-order chi connectivity index (χ0) is 18.2. The first kappa shape index (κ1) is 17.1. The summed E-state index contributed by atoms with van der Waals surface area (Å²) in [5.74, 6) is 1.04. The molecule has 0 saturated heterocycles. The average Bonchev–Trinajstić information content (AvgIpc) is 3.29. The Kier molecular flexibility index (Phi) is 4.55. The van der Waals surface area contributed by atoms with Crippen molar-refractivity contribution in [2.45, 2.75) is 32.0 Å². The normalized spacial score (nSPS) is 17.9. The topological polar surface area (TPSA) is 26.0 Å². The third-order valence-electron chi connectivity index (χ3n) is 5.30. The Morgan fingerprint density at radius 2 is 1.96 bits per heavy atom. The van der Waals surface area contributed by atoms with Crippen molar-refractivity contribution in [3.05, 3.63) is 64.3 Å². The van der Waals surface area contributed by atoms with Gasteiger partial charge in [-0.05, 0) is 54.1 Å². The lowest BCUT2D eigenvalue weighted by atomic mass is 10.00. The maximum atomic E-state index is 5.80. The van der Waals surface area contributed by atoms with Gasteiger partial charge in [-0.2, -0.15) is 0 Å². The second-order valence-corrected chi connectivity index (χ2v) is 8.56. The molecule has 27 heavy (non-hydrogen) atoms. The number of rotatable bonds is 5. The van der Waals surface area contributed by atoms with Gasteiger partial charge < -0.3 is 0 Å². The van der Waals surface area contributed by atoms with Crippen molar-refractivity contribution in [3.8, 4) is 10.7 Å². The molecular formula is C21H22N4S2. The lowest BCUT2D eigenvalue weighted by Crippen LogP contribution is -2.31. The minimum atomic E-state index is 0.536. The fraction of sp³-hybridized carbons (Fsp3) is 0.333. The van der Waals surface area contributed by atoms with Crippen molar-refractivity contribution >= 4 is 29.1 Å². The summed E-state index contributed by atoms with van der Waals surface area (Å²) in [6.45, 7) is 2.74. The molecule has 1 fully saturated rings. The van der Waals surface area contributed by atoms with E-state index in [1.165, 1.54) is 28.9 Å². The van der Waals surface area contributed by atoms with Crippen LogP contribution in [0.2, 0.25) is 0 Å². The summed E-state index contributed by atoms with van der Waals surface area (Å²) in [5.41, 5.74) is 2.78. The van der Waals surface area contributed by atoms with Crippen LogP contribution in [0.5, 0.6) is 0 Å². The van der Waals surface area contributed by atoms with Crippen molar-refractivity contribution < 1.29 is 0 Å². The Morgan fingerprint density at radius 3 is 2.63 bits per heavy atom. The van der Waals surface area contributed by atoms with E-state index in [0.717, 1.165) is 36.8 Å². The standard InChI is InChI=1S/C21H22N4S2/c26-21-24(22-20(19-7-4-14-27-19)25(21)18-8-9-18)15-23-12-10-17(11-13-23)16-5-2-1-3-6-16/h1-7,10,14,18H,8-9,11-13,15H2. The van der Waals surface area contributed by atoms with E-state index in [0.29, 0.717) is 6.04 Å². The molecule has 0 amide bonds. The Hall–Kier alpha value is -2.02. The summed E-state index contributed by atoms with van der Waals surface area (Å²) in [4.78, 5) is 3.63. The van der Waals surface area contributed by atoms with Gasteiger partial charge in [0.05, 0.1) is 11.5 Å². The summed E-state index contributed by atoms with van der Waals surface area (Å²) >= 11 is 7.53.